The molecule has 6 heteroatoms. The Morgan fingerprint density at radius 2 is 1.96 bits per heavy atom. The minimum absolute atomic E-state index is 0.261. The van der Waals surface area contributed by atoms with Gasteiger partial charge in [-0.3, -0.25) is 4.90 Å². The highest BCUT2D eigenvalue weighted by atomic mass is 35.5. The number of ether oxygens (including phenoxy) is 1. The summed E-state index contributed by atoms with van der Waals surface area (Å²) in [5.74, 6) is 2.28. The van der Waals surface area contributed by atoms with Crippen molar-refractivity contribution >= 4 is 11.6 Å². The van der Waals surface area contributed by atoms with Crippen molar-refractivity contribution < 1.29 is 9.26 Å². The van der Waals surface area contributed by atoms with E-state index in [2.05, 4.69) is 34.1 Å². The molecule has 1 aliphatic rings. The lowest BCUT2D eigenvalue weighted by molar-refractivity contribution is 0.0904. The van der Waals surface area contributed by atoms with Gasteiger partial charge in [0.05, 0.1) is 6.54 Å². The molecule has 0 aliphatic carbocycles. The molecule has 0 atom stereocenters. The van der Waals surface area contributed by atoms with Gasteiger partial charge in [-0.1, -0.05) is 47.1 Å². The third-order valence-electron chi connectivity index (χ3n) is 5.00. The summed E-state index contributed by atoms with van der Waals surface area (Å²) in [5.41, 5.74) is 2.23. The zero-order valence-corrected chi connectivity index (χ0v) is 16.7. The molecule has 2 heterocycles. The van der Waals surface area contributed by atoms with Crippen molar-refractivity contribution in [3.05, 3.63) is 76.4 Å². The van der Waals surface area contributed by atoms with Crippen molar-refractivity contribution in [2.45, 2.75) is 38.8 Å². The summed E-state index contributed by atoms with van der Waals surface area (Å²) < 4.78 is 11.6. The molecule has 1 aromatic heterocycles. The first-order chi connectivity index (χ1) is 13.7. The van der Waals surface area contributed by atoms with Gasteiger partial charge >= 0.3 is 0 Å². The number of likely N-dealkylation sites (tertiary alicyclic amines) is 1. The molecule has 28 heavy (non-hydrogen) atoms. The molecular formula is C22H24ClN3O2. The normalized spacial score (nSPS) is 15.6. The Morgan fingerprint density at radius 1 is 1.14 bits per heavy atom. The van der Waals surface area contributed by atoms with E-state index >= 15 is 0 Å². The van der Waals surface area contributed by atoms with Crippen LogP contribution in [0.4, 0.5) is 0 Å². The van der Waals surface area contributed by atoms with Gasteiger partial charge in [0.25, 0.3) is 0 Å². The smallest absolute Gasteiger partial charge is 0.240 e. The van der Waals surface area contributed by atoms with Gasteiger partial charge in [0, 0.05) is 24.5 Å². The van der Waals surface area contributed by atoms with E-state index < -0.39 is 0 Å². The third-order valence-corrected chi connectivity index (χ3v) is 5.37. The van der Waals surface area contributed by atoms with Crippen LogP contribution in [0.2, 0.25) is 5.02 Å². The number of halogens is 1. The maximum Gasteiger partial charge on any atom is 0.240 e. The van der Waals surface area contributed by atoms with Gasteiger partial charge in [-0.05, 0) is 49.1 Å². The fraction of sp³-hybridized carbons (Fsp3) is 0.364. The van der Waals surface area contributed by atoms with Crippen LogP contribution < -0.4 is 4.74 Å². The molecule has 1 saturated heterocycles. The first kappa shape index (κ1) is 19.0. The van der Waals surface area contributed by atoms with E-state index in [-0.39, 0.29) is 6.10 Å². The van der Waals surface area contributed by atoms with Crippen LogP contribution in [0.1, 0.15) is 35.7 Å². The molecule has 0 saturated carbocycles. The largest absolute Gasteiger partial charge is 0.490 e. The highest BCUT2D eigenvalue weighted by molar-refractivity contribution is 6.31. The van der Waals surface area contributed by atoms with E-state index in [4.69, 9.17) is 20.9 Å². The number of benzene rings is 2. The fourth-order valence-corrected chi connectivity index (χ4v) is 3.70. The molecule has 0 spiro atoms. The minimum Gasteiger partial charge on any atom is -0.490 e. The molecule has 1 aliphatic heterocycles. The van der Waals surface area contributed by atoms with Crippen molar-refractivity contribution in [3.63, 3.8) is 0 Å². The van der Waals surface area contributed by atoms with Crippen molar-refractivity contribution in [2.75, 3.05) is 13.1 Å². The SMILES string of the molecule is Cc1cccc(OC2CCN(Cc3nc(Cc4ccccc4Cl)no3)CC2)c1. The lowest BCUT2D eigenvalue weighted by atomic mass is 10.1. The van der Waals surface area contributed by atoms with Crippen LogP contribution in [-0.4, -0.2) is 34.2 Å². The van der Waals surface area contributed by atoms with E-state index in [9.17, 15) is 0 Å². The Balaban J connectivity index is 1.27. The summed E-state index contributed by atoms with van der Waals surface area (Å²) in [5, 5.41) is 4.83. The number of rotatable bonds is 6. The number of aryl methyl sites for hydroxylation is 1. The molecule has 2 aromatic carbocycles. The number of piperidine rings is 1. The maximum atomic E-state index is 6.21. The summed E-state index contributed by atoms with van der Waals surface area (Å²) >= 11 is 6.21. The van der Waals surface area contributed by atoms with E-state index in [1.54, 1.807) is 0 Å². The molecular weight excluding hydrogens is 374 g/mol. The number of hydrogen-bond donors (Lipinski definition) is 0. The van der Waals surface area contributed by atoms with E-state index in [0.29, 0.717) is 24.7 Å². The van der Waals surface area contributed by atoms with Crippen LogP contribution in [0.3, 0.4) is 0 Å². The van der Waals surface area contributed by atoms with Crippen LogP contribution in [-0.2, 0) is 13.0 Å². The van der Waals surface area contributed by atoms with E-state index in [0.717, 1.165) is 42.3 Å². The van der Waals surface area contributed by atoms with Crippen LogP contribution in [0, 0.1) is 6.92 Å². The fourth-order valence-electron chi connectivity index (χ4n) is 3.50. The Labute approximate surface area is 170 Å². The summed E-state index contributed by atoms with van der Waals surface area (Å²) in [6, 6.07) is 16.0. The average Bonchev–Trinajstić information content (AvgIpc) is 3.12. The van der Waals surface area contributed by atoms with Gasteiger partial charge in [-0.25, -0.2) is 0 Å². The van der Waals surface area contributed by atoms with E-state index in [1.165, 1.54) is 5.56 Å². The summed E-state index contributed by atoms with van der Waals surface area (Å²) in [6.45, 7) is 4.67. The minimum atomic E-state index is 0.261. The lowest BCUT2D eigenvalue weighted by Crippen LogP contribution is -2.37. The number of aromatic nitrogens is 2. The molecule has 0 bridgehead atoms. The highest BCUT2D eigenvalue weighted by Crippen LogP contribution is 2.21. The second-order valence-corrected chi connectivity index (χ2v) is 7.69. The highest BCUT2D eigenvalue weighted by Gasteiger charge is 2.22. The molecule has 4 rings (SSSR count). The van der Waals surface area contributed by atoms with Gasteiger partial charge < -0.3 is 9.26 Å². The van der Waals surface area contributed by atoms with Crippen LogP contribution >= 0.6 is 11.6 Å². The summed E-state index contributed by atoms with van der Waals surface area (Å²) in [7, 11) is 0. The molecule has 0 unspecified atom stereocenters. The predicted octanol–water partition coefficient (Wildman–Crippen LogP) is 4.67. The zero-order chi connectivity index (χ0) is 19.3. The monoisotopic (exact) mass is 397 g/mol. The Bertz CT molecular complexity index is 919. The molecule has 0 N–H and O–H groups in total. The Kier molecular flexibility index (Phi) is 5.93. The van der Waals surface area contributed by atoms with Gasteiger partial charge in [0.2, 0.25) is 5.89 Å². The second-order valence-electron chi connectivity index (χ2n) is 7.28. The first-order valence-corrected chi connectivity index (χ1v) is 10.0. The van der Waals surface area contributed by atoms with Gasteiger partial charge in [0.15, 0.2) is 5.82 Å². The topological polar surface area (TPSA) is 51.4 Å². The molecule has 1 fully saturated rings. The van der Waals surface area contributed by atoms with Crippen molar-refractivity contribution in [1.82, 2.24) is 15.0 Å². The van der Waals surface area contributed by atoms with Crippen LogP contribution in [0.5, 0.6) is 5.75 Å². The van der Waals surface area contributed by atoms with Gasteiger partial charge in [0.1, 0.15) is 11.9 Å². The standard InChI is InChI=1S/C22H24ClN3O2/c1-16-5-4-7-19(13-16)27-18-9-11-26(12-10-18)15-22-24-21(25-28-22)14-17-6-2-3-8-20(17)23/h2-8,13,18H,9-12,14-15H2,1H3. The maximum absolute atomic E-state index is 6.21. The quantitative estimate of drug-likeness (QED) is 0.605. The third kappa shape index (κ3) is 4.91. The Hall–Kier alpha value is -2.37. The van der Waals surface area contributed by atoms with E-state index in [1.807, 2.05) is 36.4 Å². The summed E-state index contributed by atoms with van der Waals surface area (Å²) in [4.78, 5) is 6.86. The van der Waals surface area contributed by atoms with Gasteiger partial charge in [-0.2, -0.15) is 4.98 Å². The zero-order valence-electron chi connectivity index (χ0n) is 16.0. The second kappa shape index (κ2) is 8.76. The van der Waals surface area contributed by atoms with Crippen LogP contribution in [0.25, 0.3) is 0 Å². The molecule has 3 aromatic rings. The van der Waals surface area contributed by atoms with Crippen LogP contribution in [0.15, 0.2) is 53.1 Å². The lowest BCUT2D eigenvalue weighted by Gasteiger charge is -2.31. The molecule has 0 radical (unpaired) electrons. The Morgan fingerprint density at radius 3 is 2.75 bits per heavy atom. The summed E-state index contributed by atoms with van der Waals surface area (Å²) in [6.07, 6.45) is 2.83. The number of nitrogens with zero attached hydrogens (tertiary/aromatic N) is 3. The first-order valence-electron chi connectivity index (χ1n) is 9.66. The van der Waals surface area contributed by atoms with Crippen molar-refractivity contribution in [3.8, 4) is 5.75 Å². The van der Waals surface area contributed by atoms with Crippen molar-refractivity contribution in [2.24, 2.45) is 0 Å². The van der Waals surface area contributed by atoms with Crippen molar-refractivity contribution in [1.29, 1.82) is 0 Å². The molecule has 146 valence electrons. The predicted molar refractivity (Wildman–Crippen MR) is 109 cm³/mol. The van der Waals surface area contributed by atoms with Gasteiger partial charge in [-0.15, -0.1) is 0 Å². The number of hydrogen-bond acceptors (Lipinski definition) is 5. The average molecular weight is 398 g/mol. The molecule has 5 nitrogen and oxygen atoms in total. The molecule has 0 amide bonds.